The molecule has 2 aromatic rings. The van der Waals surface area contributed by atoms with Gasteiger partial charge >= 0.3 is 0 Å². The Morgan fingerprint density at radius 2 is 2.32 bits per heavy atom. The predicted octanol–water partition coefficient (Wildman–Crippen LogP) is 0.259. The lowest BCUT2D eigenvalue weighted by molar-refractivity contribution is -0.0484. The monoisotopic (exact) mass is 376 g/mol. The summed E-state index contributed by atoms with van der Waals surface area (Å²) in [6, 6.07) is 0. The van der Waals surface area contributed by atoms with E-state index in [4.69, 9.17) is 15.6 Å². The number of aliphatic hydroxyl groups is 2. The van der Waals surface area contributed by atoms with Crippen LogP contribution in [0.2, 0.25) is 0 Å². The van der Waals surface area contributed by atoms with Gasteiger partial charge in [-0.25, -0.2) is 9.97 Å². The van der Waals surface area contributed by atoms with Gasteiger partial charge in [-0.05, 0) is 22.6 Å². The van der Waals surface area contributed by atoms with Gasteiger partial charge in [0.1, 0.15) is 23.9 Å². The molecule has 4 N–H and O–H groups in total. The van der Waals surface area contributed by atoms with E-state index in [1.54, 1.807) is 4.57 Å². The molecule has 0 spiro atoms. The normalized spacial score (nSPS) is 27.2. The minimum absolute atomic E-state index is 0.110. The maximum absolute atomic E-state index is 10.0. The number of ether oxygens (including phenoxy) is 1. The number of rotatable bonds is 2. The molecule has 19 heavy (non-hydrogen) atoms. The van der Waals surface area contributed by atoms with Gasteiger partial charge in [-0.2, -0.15) is 0 Å². The highest BCUT2D eigenvalue weighted by atomic mass is 127. The summed E-state index contributed by atoms with van der Waals surface area (Å²) in [4.78, 5) is 8.17. The van der Waals surface area contributed by atoms with E-state index in [2.05, 4.69) is 32.6 Å². The van der Waals surface area contributed by atoms with Crippen molar-refractivity contribution in [3.8, 4) is 0 Å². The third-order valence-corrected chi connectivity index (χ3v) is 4.05. The highest BCUT2D eigenvalue weighted by Gasteiger charge is 2.36. The summed E-state index contributed by atoms with van der Waals surface area (Å²) in [5, 5.41) is 19.9. The summed E-state index contributed by atoms with van der Waals surface area (Å²) < 4.78 is 8.27. The first-order valence-corrected chi connectivity index (χ1v) is 6.90. The molecule has 102 valence electrons. The number of halogens is 1. The Kier molecular flexibility index (Phi) is 3.33. The Morgan fingerprint density at radius 3 is 3.00 bits per heavy atom. The smallest absolute Gasteiger partial charge is 0.161 e. The molecule has 0 amide bonds. The van der Waals surface area contributed by atoms with E-state index in [1.807, 2.05) is 6.20 Å². The average molecular weight is 376 g/mol. The van der Waals surface area contributed by atoms with Crippen molar-refractivity contribution in [2.24, 2.45) is 0 Å². The lowest BCUT2D eigenvalue weighted by Crippen LogP contribution is -2.19. The fourth-order valence-corrected chi connectivity index (χ4v) is 3.17. The molecule has 3 heterocycles. The van der Waals surface area contributed by atoms with Crippen molar-refractivity contribution in [1.82, 2.24) is 14.5 Å². The minimum Gasteiger partial charge on any atom is -0.394 e. The van der Waals surface area contributed by atoms with Gasteiger partial charge in [0, 0.05) is 16.2 Å². The molecule has 0 bridgehead atoms. The van der Waals surface area contributed by atoms with Crippen molar-refractivity contribution < 1.29 is 14.9 Å². The van der Waals surface area contributed by atoms with Crippen LogP contribution in [0.25, 0.3) is 11.0 Å². The maximum atomic E-state index is 10.0. The lowest BCUT2D eigenvalue weighted by atomic mass is 10.2. The molecule has 1 saturated heterocycles. The molecule has 1 aliphatic heterocycles. The molecule has 0 saturated carbocycles. The van der Waals surface area contributed by atoms with Gasteiger partial charge in [0.25, 0.3) is 0 Å². The van der Waals surface area contributed by atoms with Gasteiger partial charge in [0.15, 0.2) is 6.23 Å². The van der Waals surface area contributed by atoms with E-state index >= 15 is 0 Å². The van der Waals surface area contributed by atoms with Crippen LogP contribution < -0.4 is 5.73 Å². The molecule has 1 fully saturated rings. The highest BCUT2D eigenvalue weighted by Crippen LogP contribution is 2.34. The predicted molar refractivity (Wildman–Crippen MR) is 76.3 cm³/mol. The molecule has 0 radical (unpaired) electrons. The number of anilines is 1. The van der Waals surface area contributed by atoms with Gasteiger partial charge in [0.2, 0.25) is 0 Å². The van der Waals surface area contributed by atoms with Gasteiger partial charge in [0.05, 0.1) is 18.1 Å². The minimum atomic E-state index is -0.681. The number of fused-ring (bicyclic) bond motifs is 1. The summed E-state index contributed by atoms with van der Waals surface area (Å²) in [6.07, 6.45) is 2.02. The summed E-state index contributed by atoms with van der Waals surface area (Å²) in [5.74, 6) is 0.402. The largest absolute Gasteiger partial charge is 0.394 e. The topological polar surface area (TPSA) is 106 Å². The van der Waals surface area contributed by atoms with Crippen molar-refractivity contribution in [1.29, 1.82) is 0 Å². The van der Waals surface area contributed by atoms with Gasteiger partial charge < -0.3 is 25.3 Å². The summed E-state index contributed by atoms with van der Waals surface area (Å²) in [7, 11) is 0. The molecule has 1 aliphatic rings. The van der Waals surface area contributed by atoms with Crippen LogP contribution in [0.4, 0.5) is 5.82 Å². The fourth-order valence-electron chi connectivity index (χ4n) is 2.35. The van der Waals surface area contributed by atoms with Crippen LogP contribution >= 0.6 is 22.6 Å². The first-order chi connectivity index (χ1) is 9.11. The third kappa shape index (κ3) is 2.08. The van der Waals surface area contributed by atoms with Crippen LogP contribution in [-0.4, -0.2) is 43.6 Å². The molecule has 8 heteroatoms. The number of nitrogens with two attached hydrogens (primary N) is 1. The van der Waals surface area contributed by atoms with Crippen molar-refractivity contribution in [2.45, 2.75) is 24.9 Å². The molecule has 2 aromatic heterocycles. The van der Waals surface area contributed by atoms with Crippen molar-refractivity contribution >= 4 is 39.4 Å². The maximum Gasteiger partial charge on any atom is 0.161 e. The van der Waals surface area contributed by atoms with Crippen LogP contribution in [0.1, 0.15) is 12.6 Å². The SMILES string of the molecule is Nc1ncnc2c1c(I)cn2[C@@H]1O[C@H](CO)C[C@H]1O. The number of aliphatic hydroxyl groups excluding tert-OH is 2. The van der Waals surface area contributed by atoms with E-state index in [0.29, 0.717) is 17.9 Å². The van der Waals surface area contributed by atoms with E-state index in [9.17, 15) is 5.11 Å². The zero-order chi connectivity index (χ0) is 13.6. The van der Waals surface area contributed by atoms with Gasteiger partial charge in [-0.3, -0.25) is 0 Å². The van der Waals surface area contributed by atoms with E-state index in [-0.39, 0.29) is 12.7 Å². The summed E-state index contributed by atoms with van der Waals surface area (Å²) >= 11 is 2.15. The quantitative estimate of drug-likeness (QED) is 0.650. The second-order valence-electron chi connectivity index (χ2n) is 4.48. The number of nitrogens with zero attached hydrogens (tertiary/aromatic N) is 3. The molecule has 0 aliphatic carbocycles. The molecule has 7 nitrogen and oxygen atoms in total. The molecular weight excluding hydrogens is 363 g/mol. The second kappa shape index (κ2) is 4.85. The fraction of sp³-hybridized carbons (Fsp3) is 0.455. The lowest BCUT2D eigenvalue weighted by Gasteiger charge is -2.17. The highest BCUT2D eigenvalue weighted by molar-refractivity contribution is 14.1. The van der Waals surface area contributed by atoms with Crippen LogP contribution in [-0.2, 0) is 4.74 Å². The van der Waals surface area contributed by atoms with Crippen LogP contribution in [0, 0.1) is 3.57 Å². The Bertz CT molecular complexity index is 617. The zero-order valence-electron chi connectivity index (χ0n) is 9.90. The van der Waals surface area contributed by atoms with Crippen LogP contribution in [0.3, 0.4) is 0 Å². The van der Waals surface area contributed by atoms with E-state index < -0.39 is 12.3 Å². The Balaban J connectivity index is 2.09. The molecule has 3 atom stereocenters. The molecule has 0 unspecified atom stereocenters. The molecular formula is C11H13IN4O3. The average Bonchev–Trinajstić information content (AvgIpc) is 2.91. The first kappa shape index (κ1) is 13.0. The third-order valence-electron chi connectivity index (χ3n) is 3.24. The van der Waals surface area contributed by atoms with Gasteiger partial charge in [-0.1, -0.05) is 0 Å². The van der Waals surface area contributed by atoms with Crippen LogP contribution in [0.5, 0.6) is 0 Å². The second-order valence-corrected chi connectivity index (χ2v) is 5.64. The Labute approximate surface area is 122 Å². The molecule has 0 aromatic carbocycles. The Morgan fingerprint density at radius 1 is 1.53 bits per heavy atom. The van der Waals surface area contributed by atoms with Crippen molar-refractivity contribution in [3.63, 3.8) is 0 Å². The van der Waals surface area contributed by atoms with Gasteiger partial charge in [-0.15, -0.1) is 0 Å². The van der Waals surface area contributed by atoms with E-state index in [0.717, 1.165) is 8.96 Å². The number of aromatic nitrogens is 3. The Hall–Kier alpha value is -0.970. The molecule has 3 rings (SSSR count). The number of hydrogen-bond donors (Lipinski definition) is 3. The van der Waals surface area contributed by atoms with Crippen LogP contribution in [0.15, 0.2) is 12.5 Å². The summed E-state index contributed by atoms with van der Waals surface area (Å²) in [5.41, 5.74) is 6.47. The summed E-state index contributed by atoms with van der Waals surface area (Å²) in [6.45, 7) is -0.110. The van der Waals surface area contributed by atoms with E-state index in [1.165, 1.54) is 6.33 Å². The van der Waals surface area contributed by atoms with Crippen molar-refractivity contribution in [2.75, 3.05) is 12.3 Å². The van der Waals surface area contributed by atoms with Crippen molar-refractivity contribution in [3.05, 3.63) is 16.1 Å². The standard InChI is InChI=1S/C11H13IN4O3/c12-6-2-16(10-8(6)9(13)14-4-15-10)11-7(18)1-5(3-17)19-11/h2,4-5,7,11,17-18H,1,3H2,(H2,13,14,15)/t5-,7+,11+/m0/s1. The number of hydrogen-bond acceptors (Lipinski definition) is 6. The first-order valence-electron chi connectivity index (χ1n) is 5.82. The number of nitrogen functional groups attached to an aromatic ring is 1. The zero-order valence-corrected chi connectivity index (χ0v) is 12.1.